The fourth-order valence-electron chi connectivity index (χ4n) is 2.28. The molecule has 0 aliphatic carbocycles. The minimum absolute atomic E-state index is 0.581. The van der Waals surface area contributed by atoms with Gasteiger partial charge in [0.2, 0.25) is 5.66 Å². The molecule has 4 nitrogen and oxygen atoms in total. The Kier molecular flexibility index (Phi) is 3.14. The molecule has 0 fully saturated rings. The third kappa shape index (κ3) is 2.73. The molecule has 0 spiro atoms. The van der Waals surface area contributed by atoms with E-state index in [1.54, 1.807) is 0 Å². The summed E-state index contributed by atoms with van der Waals surface area (Å²) in [5.41, 5.74) is 1.80. The molecule has 0 aromatic heterocycles. The molecule has 1 aliphatic rings. The standard InChI is InChI=1S/C15H14N4/c1-3-7-13(8-4-1)11-15(16-18-19-17-15)12-14-9-5-2-6-10-14/h1-10H,11-12H2. The number of rotatable bonds is 4. The quantitative estimate of drug-likeness (QED) is 0.787. The van der Waals surface area contributed by atoms with Crippen LogP contribution in [0.15, 0.2) is 81.3 Å². The molecule has 4 heteroatoms. The molecule has 0 saturated heterocycles. The van der Waals surface area contributed by atoms with Gasteiger partial charge < -0.3 is 0 Å². The summed E-state index contributed by atoms with van der Waals surface area (Å²) in [5, 5.41) is 15.9. The van der Waals surface area contributed by atoms with Gasteiger partial charge in [-0.3, -0.25) is 0 Å². The fraction of sp³-hybridized carbons (Fsp3) is 0.200. The Morgan fingerprint density at radius 1 is 0.632 bits per heavy atom. The first-order chi connectivity index (χ1) is 9.36. The zero-order valence-electron chi connectivity index (χ0n) is 10.5. The molecule has 3 rings (SSSR count). The van der Waals surface area contributed by atoms with E-state index in [2.05, 4.69) is 44.9 Å². The summed E-state index contributed by atoms with van der Waals surface area (Å²) < 4.78 is 0. The lowest BCUT2D eigenvalue weighted by Gasteiger charge is -2.19. The van der Waals surface area contributed by atoms with Crippen molar-refractivity contribution in [3.63, 3.8) is 0 Å². The second-order valence-corrected chi connectivity index (χ2v) is 4.69. The highest BCUT2D eigenvalue weighted by atomic mass is 15.6. The van der Waals surface area contributed by atoms with Crippen molar-refractivity contribution in [2.24, 2.45) is 20.7 Å². The van der Waals surface area contributed by atoms with Gasteiger partial charge in [0, 0.05) is 12.8 Å². The summed E-state index contributed by atoms with van der Waals surface area (Å²) in [6, 6.07) is 20.4. The predicted octanol–water partition coefficient (Wildman–Crippen LogP) is 4.00. The first kappa shape index (κ1) is 11.7. The van der Waals surface area contributed by atoms with Crippen molar-refractivity contribution in [1.82, 2.24) is 0 Å². The molecule has 2 aromatic carbocycles. The maximum atomic E-state index is 4.25. The van der Waals surface area contributed by atoms with Crippen molar-refractivity contribution in [2.45, 2.75) is 18.5 Å². The van der Waals surface area contributed by atoms with Gasteiger partial charge in [-0.1, -0.05) is 60.7 Å². The lowest BCUT2D eigenvalue weighted by molar-refractivity contribution is 0.436. The molecular formula is C15H14N4. The second-order valence-electron chi connectivity index (χ2n) is 4.69. The van der Waals surface area contributed by atoms with Crippen molar-refractivity contribution in [3.05, 3.63) is 71.8 Å². The highest BCUT2D eigenvalue weighted by molar-refractivity contribution is 5.22. The van der Waals surface area contributed by atoms with Crippen LogP contribution in [0.1, 0.15) is 11.1 Å². The molecule has 1 aliphatic heterocycles. The van der Waals surface area contributed by atoms with Gasteiger partial charge in [0.25, 0.3) is 0 Å². The van der Waals surface area contributed by atoms with E-state index in [0.717, 1.165) is 12.8 Å². The van der Waals surface area contributed by atoms with Gasteiger partial charge in [0.05, 0.1) is 0 Å². The average molecular weight is 250 g/mol. The van der Waals surface area contributed by atoms with Gasteiger partial charge in [0.15, 0.2) is 0 Å². The Labute approximate surface area is 111 Å². The largest absolute Gasteiger partial charge is 0.203 e. The third-order valence-corrected chi connectivity index (χ3v) is 3.16. The molecule has 2 aromatic rings. The van der Waals surface area contributed by atoms with Crippen LogP contribution in [0.5, 0.6) is 0 Å². The van der Waals surface area contributed by atoms with E-state index in [9.17, 15) is 0 Å². The Bertz CT molecular complexity index is 535. The Morgan fingerprint density at radius 2 is 1.05 bits per heavy atom. The minimum Gasteiger partial charge on any atom is -0.134 e. The third-order valence-electron chi connectivity index (χ3n) is 3.16. The van der Waals surface area contributed by atoms with Crippen molar-refractivity contribution in [3.8, 4) is 0 Å². The number of hydrogen-bond donors (Lipinski definition) is 0. The van der Waals surface area contributed by atoms with Crippen LogP contribution >= 0.6 is 0 Å². The molecule has 0 saturated carbocycles. The number of hydrogen-bond acceptors (Lipinski definition) is 4. The Morgan fingerprint density at radius 3 is 1.47 bits per heavy atom. The highest BCUT2D eigenvalue weighted by Crippen LogP contribution is 2.29. The first-order valence-electron chi connectivity index (χ1n) is 6.28. The van der Waals surface area contributed by atoms with E-state index in [1.165, 1.54) is 11.1 Å². The smallest absolute Gasteiger partial charge is 0.134 e. The van der Waals surface area contributed by atoms with E-state index in [-0.39, 0.29) is 0 Å². The van der Waals surface area contributed by atoms with Gasteiger partial charge in [-0.05, 0) is 21.6 Å². The molecule has 94 valence electrons. The van der Waals surface area contributed by atoms with Crippen LogP contribution in [0.2, 0.25) is 0 Å². The van der Waals surface area contributed by atoms with Crippen LogP contribution in [0, 0.1) is 0 Å². The Hall–Kier alpha value is -2.36. The maximum Gasteiger partial charge on any atom is 0.203 e. The molecule has 0 N–H and O–H groups in total. The minimum atomic E-state index is -0.581. The van der Waals surface area contributed by atoms with Crippen LogP contribution in [-0.2, 0) is 12.8 Å². The van der Waals surface area contributed by atoms with Crippen LogP contribution in [0.4, 0.5) is 0 Å². The maximum absolute atomic E-state index is 4.25. The fourth-order valence-corrected chi connectivity index (χ4v) is 2.28. The SMILES string of the molecule is c1ccc(CC2(Cc3ccccc3)N=NN=N2)cc1. The summed E-state index contributed by atoms with van der Waals surface area (Å²) in [6.45, 7) is 0. The summed E-state index contributed by atoms with van der Waals surface area (Å²) >= 11 is 0. The molecular weight excluding hydrogens is 236 g/mol. The summed E-state index contributed by atoms with van der Waals surface area (Å²) in [5.74, 6) is 0. The summed E-state index contributed by atoms with van der Waals surface area (Å²) in [4.78, 5) is 0. The van der Waals surface area contributed by atoms with E-state index >= 15 is 0 Å². The summed E-state index contributed by atoms with van der Waals surface area (Å²) in [6.07, 6.45) is 1.44. The van der Waals surface area contributed by atoms with Crippen LogP contribution < -0.4 is 0 Å². The first-order valence-corrected chi connectivity index (χ1v) is 6.28. The summed E-state index contributed by atoms with van der Waals surface area (Å²) in [7, 11) is 0. The normalized spacial score (nSPS) is 15.8. The molecule has 19 heavy (non-hydrogen) atoms. The zero-order chi connectivity index (χ0) is 13.0. The predicted molar refractivity (Wildman–Crippen MR) is 72.7 cm³/mol. The molecule has 0 radical (unpaired) electrons. The molecule has 0 amide bonds. The zero-order valence-corrected chi connectivity index (χ0v) is 10.5. The number of benzene rings is 2. The van der Waals surface area contributed by atoms with Crippen molar-refractivity contribution in [1.29, 1.82) is 0 Å². The lowest BCUT2D eigenvalue weighted by Crippen LogP contribution is -2.27. The second kappa shape index (κ2) is 5.10. The van der Waals surface area contributed by atoms with Crippen molar-refractivity contribution >= 4 is 0 Å². The van der Waals surface area contributed by atoms with Gasteiger partial charge >= 0.3 is 0 Å². The molecule has 0 unspecified atom stereocenters. The van der Waals surface area contributed by atoms with E-state index in [1.807, 2.05) is 36.4 Å². The van der Waals surface area contributed by atoms with Gasteiger partial charge in [0.1, 0.15) is 0 Å². The lowest BCUT2D eigenvalue weighted by atomic mass is 9.94. The topological polar surface area (TPSA) is 49.4 Å². The van der Waals surface area contributed by atoms with Crippen LogP contribution in [0.3, 0.4) is 0 Å². The monoisotopic (exact) mass is 250 g/mol. The van der Waals surface area contributed by atoms with Gasteiger partial charge in [-0.15, -0.1) is 10.2 Å². The van der Waals surface area contributed by atoms with Crippen molar-refractivity contribution < 1.29 is 0 Å². The van der Waals surface area contributed by atoms with E-state index < -0.39 is 5.66 Å². The molecule has 0 bridgehead atoms. The average Bonchev–Trinajstić information content (AvgIpc) is 2.89. The van der Waals surface area contributed by atoms with Gasteiger partial charge in [-0.25, -0.2) is 0 Å². The van der Waals surface area contributed by atoms with Crippen LogP contribution in [0.25, 0.3) is 0 Å². The highest BCUT2D eigenvalue weighted by Gasteiger charge is 2.33. The van der Waals surface area contributed by atoms with E-state index in [0.29, 0.717) is 0 Å². The Balaban J connectivity index is 1.84. The van der Waals surface area contributed by atoms with E-state index in [4.69, 9.17) is 0 Å². The molecule has 0 atom stereocenters. The number of nitrogens with zero attached hydrogens (tertiary/aromatic N) is 4. The van der Waals surface area contributed by atoms with Crippen LogP contribution in [-0.4, -0.2) is 5.66 Å². The van der Waals surface area contributed by atoms with Gasteiger partial charge in [-0.2, -0.15) is 0 Å². The molecule has 1 heterocycles. The van der Waals surface area contributed by atoms with Crippen molar-refractivity contribution in [2.75, 3.05) is 0 Å².